The van der Waals surface area contributed by atoms with Crippen LogP contribution in [0.3, 0.4) is 0 Å². The SMILES string of the molecule is CC1(C)c2ccccc2-c2ccc(C(=S)C(=O)c3ccc4c(c3)C(C)(C)C3C=CC=CC43)cc21. The van der Waals surface area contributed by atoms with Crippen molar-refractivity contribution < 1.29 is 4.79 Å². The Bertz CT molecular complexity index is 1450. The molecule has 2 atom stereocenters. The molecule has 0 fully saturated rings. The van der Waals surface area contributed by atoms with Gasteiger partial charge in [0.1, 0.15) is 0 Å². The number of benzene rings is 3. The summed E-state index contributed by atoms with van der Waals surface area (Å²) < 4.78 is 0. The van der Waals surface area contributed by atoms with Crippen LogP contribution >= 0.6 is 12.2 Å². The molecule has 3 aliphatic carbocycles. The lowest BCUT2D eigenvalue weighted by Gasteiger charge is -2.29. The van der Waals surface area contributed by atoms with Crippen molar-refractivity contribution in [1.29, 1.82) is 0 Å². The minimum Gasteiger partial charge on any atom is -0.288 e. The molecule has 6 rings (SSSR count). The van der Waals surface area contributed by atoms with E-state index in [-0.39, 0.29) is 16.6 Å². The van der Waals surface area contributed by atoms with Gasteiger partial charge in [0.15, 0.2) is 0 Å². The first-order valence-electron chi connectivity index (χ1n) is 12.0. The van der Waals surface area contributed by atoms with E-state index in [2.05, 4.69) is 101 Å². The molecule has 3 aromatic carbocycles. The lowest BCUT2D eigenvalue weighted by atomic mass is 9.74. The van der Waals surface area contributed by atoms with Gasteiger partial charge in [-0.1, -0.05) is 113 Å². The number of hydrogen-bond donors (Lipinski definition) is 0. The smallest absolute Gasteiger partial charge is 0.204 e. The molecule has 2 unspecified atom stereocenters. The molecule has 34 heavy (non-hydrogen) atoms. The van der Waals surface area contributed by atoms with Gasteiger partial charge in [0, 0.05) is 16.9 Å². The molecule has 0 aliphatic heterocycles. The standard InChI is InChI=1S/C32H28OS/c1-31(2)25-11-7-5-9-21(25)23-15-13-19(17-27(23)31)29(33)30(34)20-14-16-24-22-10-6-8-12-26(22)32(3,4)28(24)18-20/h5-18,21,25H,1-4H3. The van der Waals surface area contributed by atoms with Crippen molar-refractivity contribution in [2.75, 3.05) is 0 Å². The zero-order valence-electron chi connectivity index (χ0n) is 20.1. The minimum atomic E-state index is -0.116. The number of fused-ring (bicyclic) bond motifs is 6. The van der Waals surface area contributed by atoms with Gasteiger partial charge in [-0.3, -0.25) is 4.79 Å². The van der Waals surface area contributed by atoms with Crippen LogP contribution < -0.4 is 0 Å². The number of Topliss-reactive ketones (excluding diaryl/α,β-unsaturated/α-hetero) is 1. The Hall–Kier alpha value is -3.10. The van der Waals surface area contributed by atoms with Crippen molar-refractivity contribution in [3.05, 3.63) is 118 Å². The van der Waals surface area contributed by atoms with Crippen LogP contribution in [0.4, 0.5) is 0 Å². The predicted octanol–water partition coefficient (Wildman–Crippen LogP) is 7.71. The van der Waals surface area contributed by atoms with Crippen molar-refractivity contribution >= 4 is 22.9 Å². The number of allylic oxidation sites excluding steroid dienone is 4. The Morgan fingerprint density at radius 3 is 2.26 bits per heavy atom. The van der Waals surface area contributed by atoms with Crippen LogP contribution in [-0.2, 0) is 10.8 Å². The number of ketones is 1. The lowest BCUT2D eigenvalue weighted by molar-refractivity contribution is 0.106. The van der Waals surface area contributed by atoms with Crippen molar-refractivity contribution in [3.63, 3.8) is 0 Å². The number of hydrogen-bond acceptors (Lipinski definition) is 2. The Balaban J connectivity index is 1.36. The van der Waals surface area contributed by atoms with Gasteiger partial charge in [0.05, 0.1) is 4.86 Å². The number of rotatable bonds is 3. The third kappa shape index (κ3) is 2.85. The highest BCUT2D eigenvalue weighted by atomic mass is 32.1. The Kier molecular flexibility index (Phi) is 4.54. The lowest BCUT2D eigenvalue weighted by Crippen LogP contribution is -2.25. The Labute approximate surface area is 207 Å². The topological polar surface area (TPSA) is 17.1 Å². The molecule has 1 nitrogen and oxygen atoms in total. The van der Waals surface area contributed by atoms with E-state index in [1.807, 2.05) is 12.1 Å². The van der Waals surface area contributed by atoms with Crippen LogP contribution in [-0.4, -0.2) is 10.6 Å². The number of thiocarbonyl (C=S) groups is 1. The van der Waals surface area contributed by atoms with Gasteiger partial charge in [-0.2, -0.15) is 0 Å². The molecule has 0 saturated carbocycles. The minimum absolute atomic E-state index is 0.0253. The number of carbonyl (C=O) groups excluding carboxylic acids is 1. The maximum atomic E-state index is 13.6. The summed E-state index contributed by atoms with van der Waals surface area (Å²) in [4.78, 5) is 14.0. The van der Waals surface area contributed by atoms with E-state index in [0.29, 0.717) is 22.3 Å². The summed E-state index contributed by atoms with van der Waals surface area (Å²) >= 11 is 5.77. The monoisotopic (exact) mass is 460 g/mol. The van der Waals surface area contributed by atoms with Crippen LogP contribution in [0.5, 0.6) is 0 Å². The van der Waals surface area contributed by atoms with Crippen LogP contribution in [0.2, 0.25) is 0 Å². The van der Waals surface area contributed by atoms with E-state index < -0.39 is 0 Å². The van der Waals surface area contributed by atoms with E-state index >= 15 is 0 Å². The summed E-state index contributed by atoms with van der Waals surface area (Å²) in [5.74, 6) is 0.736. The maximum absolute atomic E-state index is 13.6. The molecule has 0 spiro atoms. The molecule has 0 radical (unpaired) electrons. The highest BCUT2D eigenvalue weighted by Crippen LogP contribution is 2.53. The Morgan fingerprint density at radius 1 is 0.765 bits per heavy atom. The van der Waals surface area contributed by atoms with Crippen LogP contribution in [0.25, 0.3) is 11.1 Å². The molecule has 0 saturated heterocycles. The first-order valence-corrected chi connectivity index (χ1v) is 12.4. The number of carbonyl (C=O) groups is 1. The van der Waals surface area contributed by atoms with Crippen molar-refractivity contribution in [2.24, 2.45) is 5.92 Å². The highest BCUT2D eigenvalue weighted by Gasteiger charge is 2.44. The zero-order valence-corrected chi connectivity index (χ0v) is 20.9. The van der Waals surface area contributed by atoms with Gasteiger partial charge in [0.2, 0.25) is 5.78 Å². The van der Waals surface area contributed by atoms with Crippen LogP contribution in [0.1, 0.15) is 71.8 Å². The quantitative estimate of drug-likeness (QED) is 0.294. The van der Waals surface area contributed by atoms with Gasteiger partial charge in [0.25, 0.3) is 0 Å². The van der Waals surface area contributed by atoms with Crippen molar-refractivity contribution in [2.45, 2.75) is 44.4 Å². The molecule has 168 valence electrons. The molecule has 2 heteroatoms. The first-order chi connectivity index (χ1) is 16.2. The van der Waals surface area contributed by atoms with Gasteiger partial charge in [-0.05, 0) is 62.4 Å². The van der Waals surface area contributed by atoms with E-state index in [9.17, 15) is 4.79 Å². The van der Waals surface area contributed by atoms with E-state index in [4.69, 9.17) is 12.2 Å². The van der Waals surface area contributed by atoms with Crippen molar-refractivity contribution in [1.82, 2.24) is 0 Å². The summed E-state index contributed by atoms with van der Waals surface area (Å²) in [5, 5.41) is 0. The second-order valence-electron chi connectivity index (χ2n) is 10.9. The maximum Gasteiger partial charge on any atom is 0.204 e. The first kappa shape index (κ1) is 21.4. The second kappa shape index (κ2) is 7.20. The molecule has 0 bridgehead atoms. The predicted molar refractivity (Wildman–Crippen MR) is 144 cm³/mol. The molecular formula is C32H28OS. The molecule has 0 N–H and O–H groups in total. The summed E-state index contributed by atoms with van der Waals surface area (Å²) in [6.07, 6.45) is 8.87. The molecular weight excluding hydrogens is 432 g/mol. The van der Waals surface area contributed by atoms with Gasteiger partial charge in [-0.25, -0.2) is 0 Å². The van der Waals surface area contributed by atoms with E-state index in [1.165, 1.54) is 33.4 Å². The summed E-state index contributed by atoms with van der Waals surface area (Å²) in [5.41, 5.74) is 9.04. The fourth-order valence-corrected chi connectivity index (χ4v) is 6.67. The molecule has 0 heterocycles. The van der Waals surface area contributed by atoms with Crippen molar-refractivity contribution in [3.8, 4) is 11.1 Å². The fourth-order valence-electron chi connectivity index (χ4n) is 6.43. The average Bonchev–Trinajstić information content (AvgIpc) is 3.23. The summed E-state index contributed by atoms with van der Waals surface area (Å²) in [7, 11) is 0. The average molecular weight is 461 g/mol. The molecule has 0 amide bonds. The van der Waals surface area contributed by atoms with E-state index in [1.54, 1.807) is 0 Å². The normalized spacial score (nSPS) is 22.0. The van der Waals surface area contributed by atoms with Gasteiger partial charge >= 0.3 is 0 Å². The van der Waals surface area contributed by atoms with Gasteiger partial charge < -0.3 is 0 Å². The third-order valence-corrected chi connectivity index (χ3v) is 8.81. The largest absolute Gasteiger partial charge is 0.288 e. The van der Waals surface area contributed by atoms with Gasteiger partial charge in [-0.15, -0.1) is 0 Å². The second-order valence-corrected chi connectivity index (χ2v) is 11.3. The molecule has 0 aromatic heterocycles. The Morgan fingerprint density at radius 2 is 1.44 bits per heavy atom. The third-order valence-electron chi connectivity index (χ3n) is 8.39. The molecule has 3 aliphatic rings. The summed E-state index contributed by atoms with van der Waals surface area (Å²) in [6, 6.07) is 21.0. The van der Waals surface area contributed by atoms with E-state index in [0.717, 1.165) is 5.56 Å². The van der Waals surface area contributed by atoms with Crippen LogP contribution in [0.15, 0.2) is 85.0 Å². The van der Waals surface area contributed by atoms with Crippen LogP contribution in [0, 0.1) is 5.92 Å². The molecule has 3 aromatic rings. The highest BCUT2D eigenvalue weighted by molar-refractivity contribution is 7.82. The summed E-state index contributed by atoms with van der Waals surface area (Å²) in [6.45, 7) is 9.06. The fraction of sp³-hybridized carbons (Fsp3) is 0.250. The zero-order chi connectivity index (χ0) is 23.8.